The van der Waals surface area contributed by atoms with Gasteiger partial charge >= 0.3 is 0 Å². The van der Waals surface area contributed by atoms with Crippen LogP contribution in [-0.2, 0) is 6.54 Å². The molecule has 1 aromatic carbocycles. The van der Waals surface area contributed by atoms with E-state index < -0.39 is 5.60 Å². The van der Waals surface area contributed by atoms with Crippen molar-refractivity contribution in [1.29, 1.82) is 0 Å². The topological polar surface area (TPSA) is 58.3 Å². The Hall–Kier alpha value is -1.65. The molecule has 2 aromatic rings. The minimum absolute atomic E-state index is 0.252. The monoisotopic (exact) mass is 288 g/mol. The second-order valence-electron chi connectivity index (χ2n) is 5.78. The van der Waals surface area contributed by atoms with Crippen LogP contribution in [0.5, 0.6) is 0 Å². The highest BCUT2D eigenvalue weighted by molar-refractivity contribution is 5.52. The second kappa shape index (κ2) is 6.87. The van der Waals surface area contributed by atoms with Gasteiger partial charge in [-0.3, -0.25) is 0 Å². The zero-order valence-electron chi connectivity index (χ0n) is 13.0. The van der Waals surface area contributed by atoms with E-state index in [1.54, 1.807) is 6.26 Å². The van der Waals surface area contributed by atoms with Crippen LogP contribution in [0.25, 0.3) is 11.5 Å². The van der Waals surface area contributed by atoms with E-state index >= 15 is 0 Å². The highest BCUT2D eigenvalue weighted by Gasteiger charge is 2.26. The van der Waals surface area contributed by atoms with Gasteiger partial charge in [-0.2, -0.15) is 0 Å². The zero-order valence-corrected chi connectivity index (χ0v) is 13.0. The molecule has 114 valence electrons. The number of nitrogens with one attached hydrogen (secondary N) is 1. The van der Waals surface area contributed by atoms with E-state index in [4.69, 9.17) is 4.42 Å². The predicted molar refractivity (Wildman–Crippen MR) is 83.7 cm³/mol. The molecule has 2 unspecified atom stereocenters. The number of aliphatic hydroxyl groups is 1. The molecule has 1 aromatic heterocycles. The van der Waals surface area contributed by atoms with E-state index in [-0.39, 0.29) is 5.92 Å². The summed E-state index contributed by atoms with van der Waals surface area (Å²) in [5.41, 5.74) is 1.10. The van der Waals surface area contributed by atoms with Crippen molar-refractivity contribution in [3.05, 3.63) is 42.3 Å². The van der Waals surface area contributed by atoms with Gasteiger partial charge in [-0.25, -0.2) is 4.98 Å². The third-order valence-electron chi connectivity index (χ3n) is 4.04. The number of hydrogen-bond acceptors (Lipinski definition) is 4. The van der Waals surface area contributed by atoms with Gasteiger partial charge in [0.1, 0.15) is 6.26 Å². The van der Waals surface area contributed by atoms with Gasteiger partial charge in [-0.1, -0.05) is 38.5 Å². The van der Waals surface area contributed by atoms with Crippen LogP contribution in [0.2, 0.25) is 0 Å². The summed E-state index contributed by atoms with van der Waals surface area (Å²) < 4.78 is 5.49. The summed E-state index contributed by atoms with van der Waals surface area (Å²) in [5, 5.41) is 13.6. The molecule has 0 aliphatic carbocycles. The molecule has 2 atom stereocenters. The van der Waals surface area contributed by atoms with Gasteiger partial charge in [0.05, 0.1) is 11.3 Å². The summed E-state index contributed by atoms with van der Waals surface area (Å²) in [6.07, 6.45) is 2.62. The fourth-order valence-electron chi connectivity index (χ4n) is 2.16. The lowest BCUT2D eigenvalue weighted by Crippen LogP contribution is -2.42. The Morgan fingerprint density at radius 1 is 1.33 bits per heavy atom. The number of aromatic nitrogens is 1. The van der Waals surface area contributed by atoms with Crippen LogP contribution in [0.15, 0.2) is 41.0 Å². The molecule has 0 saturated carbocycles. The Labute approximate surface area is 126 Å². The molecule has 2 N–H and O–H groups in total. The Balaban J connectivity index is 1.89. The highest BCUT2D eigenvalue weighted by Crippen LogP contribution is 2.20. The molecule has 21 heavy (non-hydrogen) atoms. The Kier molecular flexibility index (Phi) is 5.15. The van der Waals surface area contributed by atoms with Gasteiger partial charge in [0.15, 0.2) is 0 Å². The molecule has 0 saturated heterocycles. The van der Waals surface area contributed by atoms with Crippen molar-refractivity contribution in [3.63, 3.8) is 0 Å². The largest absolute Gasteiger partial charge is 0.444 e. The lowest BCUT2D eigenvalue weighted by Gasteiger charge is -2.29. The van der Waals surface area contributed by atoms with Crippen LogP contribution in [0.3, 0.4) is 0 Å². The van der Waals surface area contributed by atoms with Crippen LogP contribution in [0, 0.1) is 5.92 Å². The molecule has 2 rings (SSSR count). The quantitative estimate of drug-likeness (QED) is 0.821. The average Bonchev–Trinajstić information content (AvgIpc) is 2.96. The van der Waals surface area contributed by atoms with E-state index in [1.165, 1.54) is 0 Å². The van der Waals surface area contributed by atoms with Crippen molar-refractivity contribution in [1.82, 2.24) is 10.3 Å². The first-order valence-corrected chi connectivity index (χ1v) is 7.46. The van der Waals surface area contributed by atoms with E-state index in [1.807, 2.05) is 37.3 Å². The fraction of sp³-hybridized carbons (Fsp3) is 0.471. The van der Waals surface area contributed by atoms with Crippen molar-refractivity contribution in [3.8, 4) is 11.5 Å². The zero-order chi connectivity index (χ0) is 15.3. The first-order chi connectivity index (χ1) is 10.0. The lowest BCUT2D eigenvalue weighted by atomic mass is 9.89. The third kappa shape index (κ3) is 4.16. The molecule has 0 aliphatic heterocycles. The van der Waals surface area contributed by atoms with Gasteiger partial charge in [-0.05, 0) is 25.0 Å². The van der Waals surface area contributed by atoms with Crippen LogP contribution in [0.4, 0.5) is 0 Å². The predicted octanol–water partition coefficient (Wildman–Crippen LogP) is 3.23. The summed E-state index contributed by atoms with van der Waals surface area (Å²) in [6, 6.07) is 9.82. The number of oxazole rings is 1. The third-order valence-corrected chi connectivity index (χ3v) is 4.04. The molecule has 1 heterocycles. The van der Waals surface area contributed by atoms with Crippen molar-refractivity contribution >= 4 is 0 Å². The van der Waals surface area contributed by atoms with E-state index in [0.717, 1.165) is 17.7 Å². The first-order valence-electron chi connectivity index (χ1n) is 7.46. The maximum Gasteiger partial charge on any atom is 0.226 e. The van der Waals surface area contributed by atoms with Gasteiger partial charge in [-0.15, -0.1) is 0 Å². The van der Waals surface area contributed by atoms with Crippen LogP contribution >= 0.6 is 0 Å². The molecular weight excluding hydrogens is 264 g/mol. The van der Waals surface area contributed by atoms with Gasteiger partial charge < -0.3 is 14.8 Å². The summed E-state index contributed by atoms with van der Waals surface area (Å²) >= 11 is 0. The fourth-order valence-corrected chi connectivity index (χ4v) is 2.16. The molecule has 4 nitrogen and oxygen atoms in total. The van der Waals surface area contributed by atoms with Gasteiger partial charge in [0, 0.05) is 18.7 Å². The number of rotatable bonds is 7. The average molecular weight is 288 g/mol. The molecule has 0 spiro atoms. The molecule has 0 bridgehead atoms. The number of nitrogens with zero attached hydrogens (tertiary/aromatic N) is 1. The molecule has 0 fully saturated rings. The van der Waals surface area contributed by atoms with Crippen LogP contribution < -0.4 is 5.32 Å². The van der Waals surface area contributed by atoms with Crippen LogP contribution in [-0.4, -0.2) is 22.2 Å². The highest BCUT2D eigenvalue weighted by atomic mass is 16.3. The van der Waals surface area contributed by atoms with Gasteiger partial charge in [0.25, 0.3) is 0 Å². The second-order valence-corrected chi connectivity index (χ2v) is 5.78. The summed E-state index contributed by atoms with van der Waals surface area (Å²) in [6.45, 7) is 7.14. The maximum absolute atomic E-state index is 10.3. The Bertz CT molecular complexity index is 549. The number of benzene rings is 1. The van der Waals surface area contributed by atoms with E-state index in [2.05, 4.69) is 24.1 Å². The molecular formula is C17H24N2O2. The van der Waals surface area contributed by atoms with E-state index in [0.29, 0.717) is 19.0 Å². The van der Waals surface area contributed by atoms with Crippen molar-refractivity contribution < 1.29 is 9.52 Å². The van der Waals surface area contributed by atoms with Crippen molar-refractivity contribution in [2.75, 3.05) is 6.54 Å². The summed E-state index contributed by atoms with van der Waals surface area (Å²) in [4.78, 5) is 4.45. The van der Waals surface area contributed by atoms with Crippen LogP contribution in [0.1, 0.15) is 32.9 Å². The number of hydrogen-bond donors (Lipinski definition) is 2. The minimum atomic E-state index is -0.708. The molecule has 0 aliphatic rings. The normalized spacial score (nSPS) is 15.6. The maximum atomic E-state index is 10.3. The molecule has 0 amide bonds. The molecule has 4 heteroatoms. The van der Waals surface area contributed by atoms with Gasteiger partial charge in [0.2, 0.25) is 5.89 Å². The lowest BCUT2D eigenvalue weighted by molar-refractivity contribution is 0.00529. The minimum Gasteiger partial charge on any atom is -0.444 e. The Morgan fingerprint density at radius 3 is 2.71 bits per heavy atom. The Morgan fingerprint density at radius 2 is 2.05 bits per heavy atom. The smallest absolute Gasteiger partial charge is 0.226 e. The summed E-state index contributed by atoms with van der Waals surface area (Å²) in [7, 11) is 0. The first kappa shape index (κ1) is 15.7. The standard InChI is InChI=1S/C17H24N2O2/c1-4-13(2)17(3,20)12-18-10-15-11-21-16(19-15)14-8-6-5-7-9-14/h5-9,11,13,18,20H,4,10,12H2,1-3H3. The molecule has 0 radical (unpaired) electrons. The van der Waals surface area contributed by atoms with Crippen molar-refractivity contribution in [2.45, 2.75) is 39.3 Å². The van der Waals surface area contributed by atoms with E-state index in [9.17, 15) is 5.11 Å². The summed E-state index contributed by atoms with van der Waals surface area (Å²) in [5.74, 6) is 0.878. The SMILES string of the molecule is CCC(C)C(C)(O)CNCc1coc(-c2ccccc2)n1. The van der Waals surface area contributed by atoms with Crippen molar-refractivity contribution in [2.24, 2.45) is 5.92 Å².